The van der Waals surface area contributed by atoms with E-state index in [0.29, 0.717) is 12.3 Å². The largest absolute Gasteiger partial charge is 0.497 e. The van der Waals surface area contributed by atoms with E-state index in [0.717, 1.165) is 53.2 Å². The van der Waals surface area contributed by atoms with E-state index in [1.807, 2.05) is 64.2 Å². The molecule has 7 heteroatoms. The fraction of sp³-hybridized carbons (Fsp3) is 0.304. The molecule has 30 heavy (non-hydrogen) atoms. The highest BCUT2D eigenvalue weighted by Crippen LogP contribution is 2.30. The quantitative estimate of drug-likeness (QED) is 0.584. The van der Waals surface area contributed by atoms with Crippen LogP contribution in [0, 0.1) is 0 Å². The summed E-state index contributed by atoms with van der Waals surface area (Å²) in [4.78, 5) is 28.0. The molecule has 0 spiro atoms. The van der Waals surface area contributed by atoms with Gasteiger partial charge in [0.25, 0.3) is 0 Å². The SMILES string of the molecule is COc1ccc(NC(=O)CSc2cn(CC(=O)N3CCCC3)c3ccccc23)cc1. The van der Waals surface area contributed by atoms with Crippen molar-refractivity contribution in [2.24, 2.45) is 0 Å². The normalized spacial score (nSPS) is 13.6. The minimum Gasteiger partial charge on any atom is -0.497 e. The van der Waals surface area contributed by atoms with Crippen molar-refractivity contribution in [2.45, 2.75) is 24.3 Å². The third kappa shape index (κ3) is 4.62. The number of nitrogens with zero attached hydrogens (tertiary/aromatic N) is 2. The zero-order chi connectivity index (χ0) is 20.9. The summed E-state index contributed by atoms with van der Waals surface area (Å²) in [5.74, 6) is 1.12. The first-order chi connectivity index (χ1) is 14.6. The van der Waals surface area contributed by atoms with Gasteiger partial charge in [-0.3, -0.25) is 9.59 Å². The highest BCUT2D eigenvalue weighted by Gasteiger charge is 2.19. The molecule has 0 aliphatic carbocycles. The number of amides is 2. The van der Waals surface area contributed by atoms with Crippen molar-refractivity contribution in [1.82, 2.24) is 9.47 Å². The van der Waals surface area contributed by atoms with Gasteiger partial charge in [0, 0.05) is 40.8 Å². The van der Waals surface area contributed by atoms with Gasteiger partial charge in [0.05, 0.1) is 12.9 Å². The molecule has 1 fully saturated rings. The molecule has 2 heterocycles. The molecule has 1 saturated heterocycles. The highest BCUT2D eigenvalue weighted by molar-refractivity contribution is 8.00. The minimum atomic E-state index is -0.0739. The van der Waals surface area contributed by atoms with Crippen molar-refractivity contribution in [3.8, 4) is 5.75 Å². The molecule has 1 aliphatic heterocycles. The lowest BCUT2D eigenvalue weighted by Gasteiger charge is -2.15. The van der Waals surface area contributed by atoms with E-state index in [9.17, 15) is 9.59 Å². The predicted molar refractivity (Wildman–Crippen MR) is 120 cm³/mol. The highest BCUT2D eigenvalue weighted by atomic mass is 32.2. The number of hydrogen-bond acceptors (Lipinski definition) is 4. The summed E-state index contributed by atoms with van der Waals surface area (Å²) >= 11 is 1.48. The molecule has 1 aromatic heterocycles. The predicted octanol–water partition coefficient (Wildman–Crippen LogP) is 4.00. The van der Waals surface area contributed by atoms with E-state index >= 15 is 0 Å². The fourth-order valence-corrected chi connectivity index (χ4v) is 4.57. The molecule has 6 nitrogen and oxygen atoms in total. The van der Waals surface area contributed by atoms with Crippen molar-refractivity contribution >= 4 is 40.2 Å². The Morgan fingerprint density at radius 2 is 1.80 bits per heavy atom. The maximum absolute atomic E-state index is 12.6. The Labute approximate surface area is 180 Å². The van der Waals surface area contributed by atoms with Crippen molar-refractivity contribution in [2.75, 3.05) is 31.3 Å². The van der Waals surface area contributed by atoms with Crippen molar-refractivity contribution < 1.29 is 14.3 Å². The number of carbonyl (C=O) groups is 2. The molecule has 2 amide bonds. The Bertz CT molecular complexity index is 1040. The van der Waals surface area contributed by atoms with E-state index in [2.05, 4.69) is 5.32 Å². The van der Waals surface area contributed by atoms with Gasteiger partial charge in [0.1, 0.15) is 12.3 Å². The lowest BCUT2D eigenvalue weighted by Crippen LogP contribution is -2.30. The van der Waals surface area contributed by atoms with E-state index in [-0.39, 0.29) is 11.8 Å². The Balaban J connectivity index is 1.43. The van der Waals surface area contributed by atoms with Crippen LogP contribution in [0.4, 0.5) is 5.69 Å². The molecule has 2 aromatic carbocycles. The molecule has 0 radical (unpaired) electrons. The second kappa shape index (κ2) is 9.26. The number of benzene rings is 2. The maximum Gasteiger partial charge on any atom is 0.242 e. The van der Waals surface area contributed by atoms with Gasteiger partial charge in [-0.1, -0.05) is 18.2 Å². The van der Waals surface area contributed by atoms with Crippen molar-refractivity contribution in [3.05, 3.63) is 54.7 Å². The van der Waals surface area contributed by atoms with Crippen LogP contribution in [0.2, 0.25) is 0 Å². The molecule has 3 aromatic rings. The molecule has 1 aliphatic rings. The van der Waals surface area contributed by atoms with Gasteiger partial charge < -0.3 is 19.5 Å². The van der Waals surface area contributed by atoms with Crippen LogP contribution in [-0.2, 0) is 16.1 Å². The van der Waals surface area contributed by atoms with Crippen LogP contribution in [0.3, 0.4) is 0 Å². The Morgan fingerprint density at radius 1 is 1.07 bits per heavy atom. The molecule has 156 valence electrons. The third-order valence-electron chi connectivity index (χ3n) is 5.25. The summed E-state index contributed by atoms with van der Waals surface area (Å²) in [6, 6.07) is 15.3. The van der Waals surface area contributed by atoms with Crippen LogP contribution in [0.25, 0.3) is 10.9 Å². The molecule has 0 saturated carbocycles. The number of carbonyl (C=O) groups excluding carboxylic acids is 2. The number of para-hydroxylation sites is 1. The lowest BCUT2D eigenvalue weighted by atomic mass is 10.2. The van der Waals surface area contributed by atoms with Crippen LogP contribution < -0.4 is 10.1 Å². The topological polar surface area (TPSA) is 63.6 Å². The van der Waals surface area contributed by atoms with E-state index in [1.165, 1.54) is 11.8 Å². The number of rotatable bonds is 7. The minimum absolute atomic E-state index is 0.0739. The number of ether oxygens (including phenoxy) is 1. The number of methoxy groups -OCH3 is 1. The molecule has 0 atom stereocenters. The Kier molecular flexibility index (Phi) is 6.28. The Hall–Kier alpha value is -2.93. The van der Waals surface area contributed by atoms with E-state index < -0.39 is 0 Å². The maximum atomic E-state index is 12.6. The van der Waals surface area contributed by atoms with Gasteiger partial charge in [-0.15, -0.1) is 11.8 Å². The molecule has 0 bridgehead atoms. The van der Waals surface area contributed by atoms with E-state index in [1.54, 1.807) is 7.11 Å². The fourth-order valence-electron chi connectivity index (χ4n) is 3.69. The first-order valence-electron chi connectivity index (χ1n) is 10.1. The van der Waals surface area contributed by atoms with Gasteiger partial charge in [-0.25, -0.2) is 0 Å². The molecule has 0 unspecified atom stereocenters. The summed E-state index contributed by atoms with van der Waals surface area (Å²) in [6.45, 7) is 2.04. The average Bonchev–Trinajstić information content (AvgIpc) is 3.42. The second-order valence-electron chi connectivity index (χ2n) is 7.29. The van der Waals surface area contributed by atoms with Gasteiger partial charge >= 0.3 is 0 Å². The third-order valence-corrected chi connectivity index (χ3v) is 6.29. The standard InChI is InChI=1S/C23H25N3O3S/c1-29-18-10-8-17(9-11-18)24-22(27)16-30-21-14-26(20-7-3-2-6-19(20)21)15-23(28)25-12-4-5-13-25/h2-3,6-11,14H,4-5,12-13,15-16H2,1H3,(H,24,27). The van der Waals surface area contributed by atoms with Crippen LogP contribution >= 0.6 is 11.8 Å². The van der Waals surface area contributed by atoms with E-state index in [4.69, 9.17) is 4.74 Å². The van der Waals surface area contributed by atoms with Gasteiger partial charge in [0.15, 0.2) is 0 Å². The molecule has 4 rings (SSSR count). The number of nitrogens with one attached hydrogen (secondary N) is 1. The molecular weight excluding hydrogens is 398 g/mol. The summed E-state index contributed by atoms with van der Waals surface area (Å²) in [7, 11) is 1.61. The van der Waals surface area contributed by atoms with Crippen LogP contribution in [0.5, 0.6) is 5.75 Å². The van der Waals surface area contributed by atoms with Crippen LogP contribution in [0.1, 0.15) is 12.8 Å². The smallest absolute Gasteiger partial charge is 0.242 e. The monoisotopic (exact) mass is 423 g/mol. The first kappa shape index (κ1) is 20.3. The average molecular weight is 424 g/mol. The van der Waals surface area contributed by atoms with Gasteiger partial charge in [-0.2, -0.15) is 0 Å². The zero-order valence-corrected chi connectivity index (χ0v) is 17.8. The molecule has 1 N–H and O–H groups in total. The van der Waals surface area contributed by atoms with Crippen molar-refractivity contribution in [1.29, 1.82) is 0 Å². The summed E-state index contributed by atoms with van der Waals surface area (Å²) in [5, 5.41) is 3.97. The number of aromatic nitrogens is 1. The summed E-state index contributed by atoms with van der Waals surface area (Å²) in [5.41, 5.74) is 1.75. The first-order valence-corrected chi connectivity index (χ1v) is 11.0. The summed E-state index contributed by atoms with van der Waals surface area (Å²) in [6.07, 6.45) is 4.16. The number of hydrogen-bond donors (Lipinski definition) is 1. The zero-order valence-electron chi connectivity index (χ0n) is 17.0. The van der Waals surface area contributed by atoms with Gasteiger partial charge in [-0.05, 0) is 43.2 Å². The van der Waals surface area contributed by atoms with Crippen molar-refractivity contribution in [3.63, 3.8) is 0 Å². The second-order valence-corrected chi connectivity index (χ2v) is 8.31. The number of fused-ring (bicyclic) bond motifs is 1. The number of anilines is 1. The lowest BCUT2D eigenvalue weighted by molar-refractivity contribution is -0.130. The number of thioether (sulfide) groups is 1. The van der Waals surface area contributed by atoms with Gasteiger partial charge in [0.2, 0.25) is 11.8 Å². The number of likely N-dealkylation sites (tertiary alicyclic amines) is 1. The summed E-state index contributed by atoms with van der Waals surface area (Å²) < 4.78 is 7.14. The van der Waals surface area contributed by atoms with Crippen LogP contribution in [-0.4, -0.2) is 47.2 Å². The Morgan fingerprint density at radius 3 is 2.53 bits per heavy atom. The van der Waals surface area contributed by atoms with Crippen LogP contribution in [0.15, 0.2) is 59.6 Å². The molecular formula is C23H25N3O3S.